The molecule has 0 aliphatic rings. The summed E-state index contributed by atoms with van der Waals surface area (Å²) in [5.74, 6) is -1.36. The Labute approximate surface area is 117 Å². The van der Waals surface area contributed by atoms with Gasteiger partial charge in [0.1, 0.15) is 5.82 Å². The number of carboxylic acids is 1. The molecule has 0 bridgehead atoms. The molecule has 2 rings (SSSR count). The molecule has 4 heteroatoms. The molecule has 3 nitrogen and oxygen atoms in total. The molecule has 1 N–H and O–H groups in total. The highest BCUT2D eigenvalue weighted by Crippen LogP contribution is 2.30. The van der Waals surface area contributed by atoms with Crippen molar-refractivity contribution >= 4 is 5.97 Å². The highest BCUT2D eigenvalue weighted by Gasteiger charge is 2.20. The summed E-state index contributed by atoms with van der Waals surface area (Å²) in [7, 11) is 0. The summed E-state index contributed by atoms with van der Waals surface area (Å²) in [4.78, 5) is 15.9. The van der Waals surface area contributed by atoms with Crippen LogP contribution in [0.4, 0.5) is 4.39 Å². The van der Waals surface area contributed by atoms with Gasteiger partial charge in [0.2, 0.25) is 0 Å². The molecular weight excluding hydrogens is 257 g/mol. The van der Waals surface area contributed by atoms with E-state index in [1.54, 1.807) is 18.2 Å². The van der Waals surface area contributed by atoms with Crippen molar-refractivity contribution < 1.29 is 14.3 Å². The summed E-state index contributed by atoms with van der Waals surface area (Å²) in [6.07, 6.45) is 0. The van der Waals surface area contributed by atoms with Gasteiger partial charge in [-0.05, 0) is 42.2 Å². The van der Waals surface area contributed by atoms with Crippen LogP contribution in [0.15, 0.2) is 30.3 Å². The first kappa shape index (κ1) is 14.2. The standard InChI is InChI=1S/C16H16FNO2/c1-9(2)15-14(16(19)20)13(8-10(3)18-15)11-4-6-12(17)7-5-11/h4-9H,1-3H3,(H,19,20). The number of rotatable bonds is 3. The van der Waals surface area contributed by atoms with Gasteiger partial charge in [-0.2, -0.15) is 0 Å². The van der Waals surface area contributed by atoms with E-state index in [2.05, 4.69) is 4.98 Å². The van der Waals surface area contributed by atoms with E-state index < -0.39 is 5.97 Å². The summed E-state index contributed by atoms with van der Waals surface area (Å²) < 4.78 is 13.0. The zero-order chi connectivity index (χ0) is 14.9. The van der Waals surface area contributed by atoms with Crippen molar-refractivity contribution in [2.75, 3.05) is 0 Å². The van der Waals surface area contributed by atoms with Crippen LogP contribution in [0.3, 0.4) is 0 Å². The number of hydrogen-bond acceptors (Lipinski definition) is 2. The largest absolute Gasteiger partial charge is 0.478 e. The topological polar surface area (TPSA) is 50.2 Å². The van der Waals surface area contributed by atoms with E-state index in [0.717, 1.165) is 5.69 Å². The van der Waals surface area contributed by atoms with Crippen molar-refractivity contribution in [3.63, 3.8) is 0 Å². The fraction of sp³-hybridized carbons (Fsp3) is 0.250. The van der Waals surface area contributed by atoms with Gasteiger partial charge in [-0.3, -0.25) is 4.98 Å². The highest BCUT2D eigenvalue weighted by molar-refractivity contribution is 5.97. The fourth-order valence-corrected chi connectivity index (χ4v) is 2.20. The molecule has 0 unspecified atom stereocenters. The molecule has 1 aromatic carbocycles. The highest BCUT2D eigenvalue weighted by atomic mass is 19.1. The Kier molecular flexibility index (Phi) is 3.84. The first-order chi connectivity index (χ1) is 9.40. The lowest BCUT2D eigenvalue weighted by Crippen LogP contribution is -2.10. The van der Waals surface area contributed by atoms with Crippen LogP contribution in [0.2, 0.25) is 0 Å². The molecule has 1 heterocycles. The third-order valence-corrected chi connectivity index (χ3v) is 3.09. The Balaban J connectivity index is 2.74. The number of aromatic nitrogens is 1. The molecule has 0 amide bonds. The number of carboxylic acid groups (broad SMARTS) is 1. The van der Waals surface area contributed by atoms with E-state index in [4.69, 9.17) is 0 Å². The summed E-state index contributed by atoms with van der Waals surface area (Å²) >= 11 is 0. The van der Waals surface area contributed by atoms with Crippen LogP contribution in [0.25, 0.3) is 11.1 Å². The number of carbonyl (C=O) groups is 1. The van der Waals surface area contributed by atoms with Crippen LogP contribution in [-0.4, -0.2) is 16.1 Å². The lowest BCUT2D eigenvalue weighted by atomic mass is 9.94. The van der Waals surface area contributed by atoms with Gasteiger partial charge in [0.25, 0.3) is 0 Å². The van der Waals surface area contributed by atoms with Gasteiger partial charge in [0, 0.05) is 5.69 Å². The van der Waals surface area contributed by atoms with E-state index >= 15 is 0 Å². The van der Waals surface area contributed by atoms with Crippen LogP contribution in [0.5, 0.6) is 0 Å². The normalized spacial score (nSPS) is 10.8. The van der Waals surface area contributed by atoms with Gasteiger partial charge in [-0.25, -0.2) is 9.18 Å². The monoisotopic (exact) mass is 273 g/mol. The van der Waals surface area contributed by atoms with Crippen molar-refractivity contribution in [2.45, 2.75) is 26.7 Å². The quantitative estimate of drug-likeness (QED) is 0.919. The molecule has 20 heavy (non-hydrogen) atoms. The first-order valence-corrected chi connectivity index (χ1v) is 6.41. The summed E-state index contributed by atoms with van der Waals surface area (Å²) in [5.41, 5.74) is 2.75. The van der Waals surface area contributed by atoms with Gasteiger partial charge in [-0.1, -0.05) is 26.0 Å². The predicted octanol–water partition coefficient (Wildman–Crippen LogP) is 4.02. The Morgan fingerprint density at radius 1 is 1.25 bits per heavy atom. The number of aromatic carboxylic acids is 1. The van der Waals surface area contributed by atoms with Gasteiger partial charge < -0.3 is 5.11 Å². The second-order valence-corrected chi connectivity index (χ2v) is 5.04. The number of pyridine rings is 1. The number of halogens is 1. The Morgan fingerprint density at radius 3 is 2.35 bits per heavy atom. The predicted molar refractivity (Wildman–Crippen MR) is 75.4 cm³/mol. The smallest absolute Gasteiger partial charge is 0.338 e. The molecule has 104 valence electrons. The average Bonchev–Trinajstić information content (AvgIpc) is 2.38. The number of aryl methyl sites for hydroxylation is 1. The molecule has 0 radical (unpaired) electrons. The van der Waals surface area contributed by atoms with E-state index in [9.17, 15) is 14.3 Å². The molecule has 0 fully saturated rings. The van der Waals surface area contributed by atoms with Gasteiger partial charge in [-0.15, -0.1) is 0 Å². The van der Waals surface area contributed by atoms with E-state index in [1.165, 1.54) is 12.1 Å². The second-order valence-electron chi connectivity index (χ2n) is 5.04. The van der Waals surface area contributed by atoms with Crippen LogP contribution in [0, 0.1) is 12.7 Å². The Morgan fingerprint density at radius 2 is 1.85 bits per heavy atom. The Bertz CT molecular complexity index is 648. The molecule has 0 aliphatic carbocycles. The van der Waals surface area contributed by atoms with E-state index in [0.29, 0.717) is 16.8 Å². The van der Waals surface area contributed by atoms with Crippen LogP contribution < -0.4 is 0 Å². The Hall–Kier alpha value is -2.23. The molecular formula is C16H16FNO2. The average molecular weight is 273 g/mol. The maximum Gasteiger partial charge on any atom is 0.338 e. The zero-order valence-corrected chi connectivity index (χ0v) is 11.6. The third-order valence-electron chi connectivity index (χ3n) is 3.09. The lowest BCUT2D eigenvalue weighted by molar-refractivity contribution is 0.0695. The molecule has 0 atom stereocenters. The van der Waals surface area contributed by atoms with Crippen LogP contribution in [-0.2, 0) is 0 Å². The molecule has 1 aromatic heterocycles. The fourth-order valence-electron chi connectivity index (χ4n) is 2.20. The SMILES string of the molecule is Cc1cc(-c2ccc(F)cc2)c(C(=O)O)c(C(C)C)n1. The number of hydrogen-bond donors (Lipinski definition) is 1. The minimum atomic E-state index is -1.01. The maximum atomic E-state index is 13.0. The van der Waals surface area contributed by atoms with Crippen molar-refractivity contribution in [3.05, 3.63) is 53.1 Å². The van der Waals surface area contributed by atoms with Crippen molar-refractivity contribution in [1.29, 1.82) is 0 Å². The summed E-state index contributed by atoms with van der Waals surface area (Å²) in [5, 5.41) is 9.49. The lowest BCUT2D eigenvalue weighted by Gasteiger charge is -2.15. The second kappa shape index (κ2) is 5.41. The van der Waals surface area contributed by atoms with Crippen molar-refractivity contribution in [2.24, 2.45) is 0 Å². The van der Waals surface area contributed by atoms with Crippen molar-refractivity contribution in [3.8, 4) is 11.1 Å². The maximum absolute atomic E-state index is 13.0. The molecule has 2 aromatic rings. The summed E-state index contributed by atoms with van der Waals surface area (Å²) in [6.45, 7) is 5.63. The number of nitrogens with zero attached hydrogens (tertiary/aromatic N) is 1. The van der Waals surface area contributed by atoms with E-state index in [1.807, 2.05) is 20.8 Å². The first-order valence-electron chi connectivity index (χ1n) is 6.41. The van der Waals surface area contributed by atoms with Crippen molar-refractivity contribution in [1.82, 2.24) is 4.98 Å². The summed E-state index contributed by atoms with van der Waals surface area (Å²) in [6, 6.07) is 7.54. The zero-order valence-electron chi connectivity index (χ0n) is 11.6. The van der Waals surface area contributed by atoms with Gasteiger partial charge in [0.15, 0.2) is 0 Å². The van der Waals surface area contributed by atoms with Gasteiger partial charge in [0.05, 0.1) is 11.3 Å². The number of benzene rings is 1. The molecule has 0 saturated carbocycles. The molecule has 0 spiro atoms. The third kappa shape index (κ3) is 2.69. The molecule has 0 aliphatic heterocycles. The molecule has 0 saturated heterocycles. The van der Waals surface area contributed by atoms with Gasteiger partial charge >= 0.3 is 5.97 Å². The van der Waals surface area contributed by atoms with E-state index in [-0.39, 0.29) is 17.3 Å². The minimum absolute atomic E-state index is 0.000184. The minimum Gasteiger partial charge on any atom is -0.478 e. The van der Waals surface area contributed by atoms with Crippen LogP contribution >= 0.6 is 0 Å². The van der Waals surface area contributed by atoms with Crippen LogP contribution in [0.1, 0.15) is 41.5 Å².